The van der Waals surface area contributed by atoms with E-state index in [1.807, 2.05) is 0 Å². The van der Waals surface area contributed by atoms with Gasteiger partial charge >= 0.3 is 6.18 Å². The van der Waals surface area contributed by atoms with E-state index in [1.54, 1.807) is 0 Å². The number of nitrogens with zero attached hydrogens (tertiary/aromatic N) is 2. The van der Waals surface area contributed by atoms with Gasteiger partial charge in [0.15, 0.2) is 0 Å². The summed E-state index contributed by atoms with van der Waals surface area (Å²) < 4.78 is 36.8. The fourth-order valence-corrected chi connectivity index (χ4v) is 1.57. The van der Waals surface area contributed by atoms with E-state index in [1.165, 1.54) is 12.3 Å². The van der Waals surface area contributed by atoms with E-state index >= 15 is 0 Å². The van der Waals surface area contributed by atoms with E-state index in [9.17, 15) is 18.0 Å². The smallest absolute Gasteiger partial charge is 0.366 e. The molecule has 0 saturated heterocycles. The number of hydrogen-bond donors (Lipinski definition) is 1. The minimum atomic E-state index is -4.34. The van der Waals surface area contributed by atoms with Crippen molar-refractivity contribution in [1.29, 1.82) is 0 Å². The fraction of sp³-hybridized carbons (Fsp3) is 0.200. The molecule has 2 N–H and O–H groups in total. The van der Waals surface area contributed by atoms with Gasteiger partial charge < -0.3 is 5.73 Å². The summed E-state index contributed by atoms with van der Waals surface area (Å²) in [6.45, 7) is 0. The second kappa shape index (κ2) is 3.76. The topological polar surface area (TPSA) is 70.1 Å². The number of pyridine rings is 1. The van der Waals surface area contributed by atoms with Crippen molar-refractivity contribution >= 4 is 17.2 Å². The summed E-state index contributed by atoms with van der Waals surface area (Å²) >= 11 is 0. The summed E-state index contributed by atoms with van der Waals surface area (Å²) in [6, 6.07) is 1.33. The molecule has 1 aliphatic heterocycles. The Hall–Kier alpha value is -2.05. The number of halogens is 3. The van der Waals surface area contributed by atoms with Crippen LogP contribution in [-0.4, -0.2) is 17.1 Å². The number of primary amides is 1. The van der Waals surface area contributed by atoms with Crippen LogP contribution in [0.25, 0.3) is 5.57 Å². The van der Waals surface area contributed by atoms with Crippen molar-refractivity contribution in [3.05, 3.63) is 29.7 Å². The molecule has 0 aliphatic carbocycles. The van der Waals surface area contributed by atoms with E-state index in [-0.39, 0.29) is 22.5 Å². The number of fused-ring (bicyclic) bond motifs is 1. The first-order valence-electron chi connectivity index (χ1n) is 4.64. The van der Waals surface area contributed by atoms with Gasteiger partial charge in [0.1, 0.15) is 5.69 Å². The zero-order valence-corrected chi connectivity index (χ0v) is 8.45. The van der Waals surface area contributed by atoms with Crippen molar-refractivity contribution in [2.24, 2.45) is 5.73 Å². The first-order chi connectivity index (χ1) is 7.88. The van der Waals surface area contributed by atoms with Crippen LogP contribution in [0.5, 0.6) is 0 Å². The first-order valence-corrected chi connectivity index (χ1v) is 4.64. The van der Waals surface area contributed by atoms with Crippen molar-refractivity contribution in [3.8, 4) is 0 Å². The van der Waals surface area contributed by atoms with Gasteiger partial charge in [0.05, 0.1) is 17.7 Å². The van der Waals surface area contributed by atoms with Crippen LogP contribution in [0.3, 0.4) is 0 Å². The number of alkyl halides is 3. The Morgan fingerprint density at radius 1 is 1.41 bits per heavy atom. The highest BCUT2D eigenvalue weighted by atomic mass is 19.4. The Bertz CT molecular complexity index is 508. The lowest BCUT2D eigenvalue weighted by Gasteiger charge is -2.07. The second-order valence-electron chi connectivity index (χ2n) is 3.50. The molecule has 0 unspecified atom stereocenters. The van der Waals surface area contributed by atoms with Gasteiger partial charge in [-0.3, -0.25) is 15.1 Å². The highest BCUT2D eigenvalue weighted by molar-refractivity contribution is 6.00. The Morgan fingerprint density at radius 3 is 2.71 bits per heavy atom. The number of rotatable bonds is 2. The van der Waals surface area contributed by atoms with Crippen LogP contribution in [-0.2, 0) is 0 Å². The van der Waals surface area contributed by atoms with Crippen LogP contribution >= 0.6 is 0 Å². The molecule has 0 saturated carbocycles. The average molecular weight is 242 g/mol. The molecule has 2 heterocycles. The van der Waals surface area contributed by atoms with E-state index in [0.29, 0.717) is 0 Å². The molecule has 1 aromatic rings. The molecule has 0 aromatic carbocycles. The Morgan fingerprint density at radius 2 is 2.12 bits per heavy atom. The Kier molecular flexibility index (Phi) is 2.53. The number of allylic oxidation sites excluding steroid dienone is 1. The number of amides is 1. The maximum absolute atomic E-state index is 12.3. The molecule has 89 valence electrons. The van der Waals surface area contributed by atoms with Crippen LogP contribution in [0.1, 0.15) is 22.5 Å². The molecule has 1 aromatic heterocycles. The molecule has 17 heavy (non-hydrogen) atoms. The molecule has 1 aliphatic rings. The Labute approximate surface area is 94.3 Å². The molecule has 0 spiro atoms. The van der Waals surface area contributed by atoms with Gasteiger partial charge in [-0.2, -0.15) is 13.2 Å². The molecule has 1 amide bonds. The van der Waals surface area contributed by atoms with Crippen LogP contribution in [0, 0.1) is 0 Å². The molecule has 7 heteroatoms. The van der Waals surface area contributed by atoms with E-state index in [0.717, 1.165) is 6.20 Å². The molecule has 0 fully saturated rings. The third kappa shape index (κ3) is 2.22. The van der Waals surface area contributed by atoms with Gasteiger partial charge in [0.2, 0.25) is 0 Å². The highest BCUT2D eigenvalue weighted by Gasteiger charge is 2.33. The van der Waals surface area contributed by atoms with Crippen molar-refractivity contribution in [2.75, 3.05) is 0 Å². The van der Waals surface area contributed by atoms with Crippen LogP contribution < -0.4 is 11.1 Å². The normalized spacial score (nSPS) is 13.9. The fourth-order valence-electron chi connectivity index (χ4n) is 1.57. The second-order valence-corrected chi connectivity index (χ2v) is 3.50. The zero-order chi connectivity index (χ0) is 12.6. The van der Waals surface area contributed by atoms with Crippen LogP contribution in [0.2, 0.25) is 0 Å². The lowest BCUT2D eigenvalue weighted by molar-refractivity contribution is -0.123. The predicted molar refractivity (Wildman–Crippen MR) is 53.2 cm³/mol. The van der Waals surface area contributed by atoms with Crippen molar-refractivity contribution in [3.63, 3.8) is 0 Å². The summed E-state index contributed by atoms with van der Waals surface area (Å²) in [7, 11) is 0. The van der Waals surface area contributed by atoms with Gasteiger partial charge in [-0.25, -0.2) is 0 Å². The van der Waals surface area contributed by atoms with Gasteiger partial charge in [-0.1, -0.05) is 0 Å². The zero-order valence-electron chi connectivity index (χ0n) is 8.45. The van der Waals surface area contributed by atoms with E-state index in [2.05, 4.69) is 10.3 Å². The van der Waals surface area contributed by atoms with Crippen LogP contribution in [0.15, 0.2) is 18.5 Å². The molecule has 4 nitrogen and oxygen atoms in total. The quantitative estimate of drug-likeness (QED) is 0.857. The van der Waals surface area contributed by atoms with E-state index in [4.69, 9.17) is 5.73 Å². The predicted octanol–water partition coefficient (Wildman–Crippen LogP) is 1.72. The third-order valence-electron chi connectivity index (χ3n) is 2.23. The number of nitrogens with two attached hydrogens (primary N) is 1. The van der Waals surface area contributed by atoms with Gasteiger partial charge in [-0.05, 0) is 6.07 Å². The lowest BCUT2D eigenvalue weighted by atomic mass is 10.1. The van der Waals surface area contributed by atoms with Crippen molar-refractivity contribution in [1.82, 2.24) is 10.3 Å². The molecule has 0 bridgehead atoms. The minimum Gasteiger partial charge on any atom is -0.366 e. The van der Waals surface area contributed by atoms with Crippen LogP contribution in [0.4, 0.5) is 18.9 Å². The maximum Gasteiger partial charge on any atom is 0.393 e. The van der Waals surface area contributed by atoms with Gasteiger partial charge in [-0.15, -0.1) is 0 Å². The SMILES string of the molecule is NC(=O)c1ccnc2c1[N]C=C2CC(F)(F)F. The minimum absolute atomic E-state index is 0.0596. The Balaban J connectivity index is 2.38. The number of aromatic nitrogens is 1. The summed E-state index contributed by atoms with van der Waals surface area (Å²) in [5.74, 6) is -0.742. The van der Waals surface area contributed by atoms with Crippen molar-refractivity contribution < 1.29 is 18.0 Å². The third-order valence-corrected chi connectivity index (χ3v) is 2.23. The summed E-state index contributed by atoms with van der Waals surface area (Å²) in [4.78, 5) is 14.8. The first kappa shape index (κ1) is 11.4. The average Bonchev–Trinajstić information content (AvgIpc) is 2.59. The van der Waals surface area contributed by atoms with E-state index < -0.39 is 18.5 Å². The summed E-state index contributed by atoms with van der Waals surface area (Å²) in [5, 5.41) is 3.76. The molecular formula is C10H7F3N3O. The summed E-state index contributed by atoms with van der Waals surface area (Å²) in [5.41, 5.74) is 5.28. The molecule has 0 atom stereocenters. The maximum atomic E-state index is 12.3. The molecule has 2 rings (SSSR count). The number of carbonyl (C=O) groups excluding carboxylic acids is 1. The number of hydrogen-bond acceptors (Lipinski definition) is 2. The van der Waals surface area contributed by atoms with Gasteiger partial charge in [0, 0.05) is 18.0 Å². The molecular weight excluding hydrogens is 235 g/mol. The number of carbonyl (C=O) groups is 1. The monoisotopic (exact) mass is 242 g/mol. The molecule has 1 radical (unpaired) electrons. The van der Waals surface area contributed by atoms with Crippen molar-refractivity contribution in [2.45, 2.75) is 12.6 Å². The largest absolute Gasteiger partial charge is 0.393 e. The van der Waals surface area contributed by atoms with Gasteiger partial charge in [0.25, 0.3) is 5.91 Å². The highest BCUT2D eigenvalue weighted by Crippen LogP contribution is 2.37. The standard InChI is InChI=1S/C10H7F3N3O/c11-10(12,13)3-5-4-16-8-6(9(14)17)1-2-15-7(5)8/h1-2,4H,3H2,(H2,14,17). The lowest BCUT2D eigenvalue weighted by Crippen LogP contribution is -2.13. The summed E-state index contributed by atoms with van der Waals surface area (Å²) in [6.07, 6.45) is -3.16.